The Kier molecular flexibility index (Phi) is 8.39. The molecular weight excluding hydrogens is 383 g/mol. The van der Waals surface area contributed by atoms with Gasteiger partial charge in [0, 0.05) is 18.2 Å². The maximum atomic E-state index is 14.2. The number of amides is 2. The van der Waals surface area contributed by atoms with Gasteiger partial charge in [-0.15, -0.1) is 0 Å². The summed E-state index contributed by atoms with van der Waals surface area (Å²) in [5.41, 5.74) is 1.52. The topological polar surface area (TPSA) is 58.6 Å². The zero-order valence-electron chi connectivity index (χ0n) is 18.3. The fourth-order valence-electron chi connectivity index (χ4n) is 2.97. The summed E-state index contributed by atoms with van der Waals surface area (Å²) in [5, 5.41) is 2.80. The van der Waals surface area contributed by atoms with E-state index in [1.165, 1.54) is 16.5 Å². The molecule has 0 aromatic heterocycles. The molecule has 5 nitrogen and oxygen atoms in total. The summed E-state index contributed by atoms with van der Waals surface area (Å²) in [6.45, 7) is 9.26. The van der Waals surface area contributed by atoms with Crippen LogP contribution in [-0.2, 0) is 16.1 Å². The van der Waals surface area contributed by atoms with E-state index in [0.29, 0.717) is 17.2 Å². The second-order valence-corrected chi connectivity index (χ2v) is 7.96. The first-order chi connectivity index (χ1) is 14.2. The molecule has 1 atom stereocenters. The van der Waals surface area contributed by atoms with E-state index in [4.69, 9.17) is 4.74 Å². The van der Waals surface area contributed by atoms with Crippen LogP contribution < -0.4 is 10.1 Å². The molecule has 0 aliphatic carbocycles. The average Bonchev–Trinajstić information content (AvgIpc) is 2.70. The molecule has 1 unspecified atom stereocenters. The van der Waals surface area contributed by atoms with Crippen molar-refractivity contribution in [3.8, 4) is 5.75 Å². The van der Waals surface area contributed by atoms with Crippen molar-refractivity contribution in [3.63, 3.8) is 0 Å². The Morgan fingerprint density at radius 1 is 1.00 bits per heavy atom. The van der Waals surface area contributed by atoms with Crippen molar-refractivity contribution < 1.29 is 18.7 Å². The highest BCUT2D eigenvalue weighted by molar-refractivity contribution is 5.88. The van der Waals surface area contributed by atoms with Gasteiger partial charge in [0.2, 0.25) is 5.91 Å². The normalized spacial score (nSPS) is 12.0. The van der Waals surface area contributed by atoms with E-state index in [0.717, 1.165) is 0 Å². The number of halogens is 1. The van der Waals surface area contributed by atoms with Crippen LogP contribution in [0.4, 0.5) is 4.39 Å². The summed E-state index contributed by atoms with van der Waals surface area (Å²) in [7, 11) is 0. The second-order valence-electron chi connectivity index (χ2n) is 7.96. The largest absolute Gasteiger partial charge is 0.484 e. The van der Waals surface area contributed by atoms with Gasteiger partial charge in [0.05, 0.1) is 0 Å². The summed E-state index contributed by atoms with van der Waals surface area (Å²) in [5.74, 6) is -0.138. The zero-order valence-corrected chi connectivity index (χ0v) is 18.3. The van der Waals surface area contributed by atoms with Crippen molar-refractivity contribution in [2.24, 2.45) is 0 Å². The Hall–Kier alpha value is -2.89. The van der Waals surface area contributed by atoms with Crippen LogP contribution in [0.1, 0.15) is 51.7 Å². The van der Waals surface area contributed by atoms with Gasteiger partial charge in [-0.1, -0.05) is 44.2 Å². The van der Waals surface area contributed by atoms with Crippen LogP contribution >= 0.6 is 0 Å². The standard InChI is InChI=1S/C24H31FN2O3/c1-16(2)19-10-12-21(13-11-19)30-15-23(28)27(18(5)24(29)26-17(3)4)14-20-8-6-7-9-22(20)25/h6-13,16-18H,14-15H2,1-5H3,(H,26,29). The fourth-order valence-corrected chi connectivity index (χ4v) is 2.97. The van der Waals surface area contributed by atoms with Crippen LogP contribution in [0.5, 0.6) is 5.75 Å². The molecule has 0 saturated heterocycles. The monoisotopic (exact) mass is 414 g/mol. The van der Waals surface area contributed by atoms with Gasteiger partial charge < -0.3 is 15.0 Å². The van der Waals surface area contributed by atoms with Gasteiger partial charge in [0.1, 0.15) is 17.6 Å². The van der Waals surface area contributed by atoms with Gasteiger partial charge in [0.25, 0.3) is 5.91 Å². The van der Waals surface area contributed by atoms with Gasteiger partial charge in [0.15, 0.2) is 6.61 Å². The SMILES string of the molecule is CC(C)NC(=O)C(C)N(Cc1ccccc1F)C(=O)COc1ccc(C(C)C)cc1. The molecule has 1 N–H and O–H groups in total. The predicted molar refractivity (Wildman–Crippen MR) is 116 cm³/mol. The molecule has 0 fully saturated rings. The number of benzene rings is 2. The third kappa shape index (κ3) is 6.58. The molecule has 6 heteroatoms. The van der Waals surface area contributed by atoms with Crippen molar-refractivity contribution in [2.45, 2.75) is 59.2 Å². The molecule has 0 bridgehead atoms. The lowest BCUT2D eigenvalue weighted by atomic mass is 10.0. The summed E-state index contributed by atoms with van der Waals surface area (Å²) in [6, 6.07) is 12.9. The molecule has 2 aromatic rings. The third-order valence-corrected chi connectivity index (χ3v) is 4.81. The second kappa shape index (κ2) is 10.8. The molecule has 0 saturated carbocycles. The number of rotatable bonds is 9. The van der Waals surface area contributed by atoms with E-state index in [1.807, 2.05) is 38.1 Å². The van der Waals surface area contributed by atoms with Crippen LogP contribution in [0.3, 0.4) is 0 Å². The molecule has 30 heavy (non-hydrogen) atoms. The number of ether oxygens (including phenoxy) is 1. The quantitative estimate of drug-likeness (QED) is 0.667. The smallest absolute Gasteiger partial charge is 0.261 e. The number of hydrogen-bond donors (Lipinski definition) is 1. The molecular formula is C24H31FN2O3. The molecule has 0 radical (unpaired) electrons. The molecule has 0 spiro atoms. The summed E-state index contributed by atoms with van der Waals surface area (Å²) < 4.78 is 19.8. The third-order valence-electron chi connectivity index (χ3n) is 4.81. The van der Waals surface area contributed by atoms with E-state index >= 15 is 0 Å². The van der Waals surface area contributed by atoms with Crippen LogP contribution in [0.15, 0.2) is 48.5 Å². The summed E-state index contributed by atoms with van der Waals surface area (Å²) in [4.78, 5) is 26.8. The maximum Gasteiger partial charge on any atom is 0.261 e. The lowest BCUT2D eigenvalue weighted by molar-refractivity contribution is -0.142. The minimum atomic E-state index is -0.772. The predicted octanol–water partition coefficient (Wildman–Crippen LogP) is 4.27. The van der Waals surface area contributed by atoms with Gasteiger partial charge in [-0.25, -0.2) is 4.39 Å². The Morgan fingerprint density at radius 3 is 2.20 bits per heavy atom. The summed E-state index contributed by atoms with van der Waals surface area (Å²) >= 11 is 0. The molecule has 0 aliphatic rings. The highest BCUT2D eigenvalue weighted by atomic mass is 19.1. The van der Waals surface area contributed by atoms with E-state index in [-0.39, 0.29) is 25.1 Å². The maximum absolute atomic E-state index is 14.2. The highest BCUT2D eigenvalue weighted by Gasteiger charge is 2.27. The summed E-state index contributed by atoms with van der Waals surface area (Å²) in [6.07, 6.45) is 0. The molecule has 162 valence electrons. The van der Waals surface area contributed by atoms with Gasteiger partial charge >= 0.3 is 0 Å². The Bertz CT molecular complexity index is 850. The molecule has 2 rings (SSSR count). The first-order valence-corrected chi connectivity index (χ1v) is 10.2. The van der Waals surface area contributed by atoms with E-state index in [9.17, 15) is 14.0 Å². The van der Waals surface area contributed by atoms with Crippen LogP contribution in [0.2, 0.25) is 0 Å². The molecule has 2 aromatic carbocycles. The van der Waals surface area contributed by atoms with Crippen molar-refractivity contribution >= 4 is 11.8 Å². The number of carbonyl (C=O) groups is 2. The Labute approximate surface area is 178 Å². The number of nitrogens with one attached hydrogen (secondary N) is 1. The average molecular weight is 415 g/mol. The number of nitrogens with zero attached hydrogens (tertiary/aromatic N) is 1. The van der Waals surface area contributed by atoms with E-state index in [1.54, 1.807) is 25.1 Å². The van der Waals surface area contributed by atoms with Crippen LogP contribution in [-0.4, -0.2) is 35.4 Å². The first-order valence-electron chi connectivity index (χ1n) is 10.2. The van der Waals surface area contributed by atoms with Crippen molar-refractivity contribution in [3.05, 3.63) is 65.5 Å². The van der Waals surface area contributed by atoms with E-state index in [2.05, 4.69) is 19.2 Å². The van der Waals surface area contributed by atoms with Crippen molar-refractivity contribution in [1.82, 2.24) is 10.2 Å². The van der Waals surface area contributed by atoms with Crippen LogP contribution in [0, 0.1) is 5.82 Å². The number of hydrogen-bond acceptors (Lipinski definition) is 3. The molecule has 0 aliphatic heterocycles. The lowest BCUT2D eigenvalue weighted by Crippen LogP contribution is -2.50. The molecule has 2 amide bonds. The zero-order chi connectivity index (χ0) is 22.3. The Morgan fingerprint density at radius 2 is 1.63 bits per heavy atom. The Balaban J connectivity index is 2.14. The highest BCUT2D eigenvalue weighted by Crippen LogP contribution is 2.19. The van der Waals surface area contributed by atoms with Gasteiger partial charge in [-0.05, 0) is 50.5 Å². The minimum absolute atomic E-state index is 0.0200. The van der Waals surface area contributed by atoms with Crippen molar-refractivity contribution in [2.75, 3.05) is 6.61 Å². The molecule has 0 heterocycles. The lowest BCUT2D eigenvalue weighted by Gasteiger charge is -2.29. The van der Waals surface area contributed by atoms with Gasteiger partial charge in [-0.3, -0.25) is 9.59 Å². The van der Waals surface area contributed by atoms with Crippen molar-refractivity contribution in [1.29, 1.82) is 0 Å². The van der Waals surface area contributed by atoms with E-state index < -0.39 is 17.8 Å². The number of carbonyl (C=O) groups excluding carboxylic acids is 2. The minimum Gasteiger partial charge on any atom is -0.484 e. The first kappa shape index (κ1) is 23.4. The van der Waals surface area contributed by atoms with Crippen LogP contribution in [0.25, 0.3) is 0 Å². The fraction of sp³-hybridized carbons (Fsp3) is 0.417. The van der Waals surface area contributed by atoms with Gasteiger partial charge in [-0.2, -0.15) is 0 Å².